The molecule has 5 heteroatoms. The molecule has 4 nitrogen and oxygen atoms in total. The molecule has 3 fully saturated rings. The van der Waals surface area contributed by atoms with Crippen LogP contribution in [0.3, 0.4) is 0 Å². The molecule has 0 unspecified atom stereocenters. The third kappa shape index (κ3) is 2.16. The zero-order valence-electron chi connectivity index (χ0n) is 15.9. The second-order valence-corrected chi connectivity index (χ2v) is 9.27. The SMILES string of the molecule is C=C1C[C@H]2[C@@H]3CCC4=CC(=O)C=C[C@]4(C)[C@@]3(F)[C@@H](O)C[C@]2(C)[C@H]1C(=O)CO. The standard InChI is InChI=1S/C22H27FO4/c1-12-8-16-15-5-4-13-9-14(25)6-7-21(13,3)22(15,23)18(27)10-20(16,2)19(12)17(26)11-24/h6-7,9,15-16,18-19,24,27H,1,4-5,8,10-11H2,2-3H3/t15-,16-,18-,19+,20-,21-,22-/m0/s1. The van der Waals surface area contributed by atoms with Crippen LogP contribution < -0.4 is 0 Å². The fourth-order valence-electron chi connectivity index (χ4n) is 6.86. The third-order valence-electron chi connectivity index (χ3n) is 8.10. The normalized spacial score (nSPS) is 48.6. The van der Waals surface area contributed by atoms with Crippen molar-refractivity contribution in [2.75, 3.05) is 6.61 Å². The largest absolute Gasteiger partial charge is 0.390 e. The first-order valence-electron chi connectivity index (χ1n) is 9.72. The Morgan fingerprint density at radius 3 is 2.74 bits per heavy atom. The molecule has 0 spiro atoms. The van der Waals surface area contributed by atoms with E-state index in [1.165, 1.54) is 12.2 Å². The van der Waals surface area contributed by atoms with Crippen LogP contribution in [0.5, 0.6) is 0 Å². The highest BCUT2D eigenvalue weighted by atomic mass is 19.1. The molecule has 2 N–H and O–H groups in total. The lowest BCUT2D eigenvalue weighted by atomic mass is 9.45. The summed E-state index contributed by atoms with van der Waals surface area (Å²) in [6.45, 7) is 7.21. The van der Waals surface area contributed by atoms with E-state index in [9.17, 15) is 19.8 Å². The van der Waals surface area contributed by atoms with Crippen molar-refractivity contribution in [1.82, 2.24) is 0 Å². The van der Waals surface area contributed by atoms with Crippen molar-refractivity contribution in [3.63, 3.8) is 0 Å². The van der Waals surface area contributed by atoms with Gasteiger partial charge in [-0.25, -0.2) is 4.39 Å². The van der Waals surface area contributed by atoms with E-state index in [0.717, 1.165) is 11.1 Å². The van der Waals surface area contributed by atoms with E-state index < -0.39 is 41.0 Å². The van der Waals surface area contributed by atoms with Crippen molar-refractivity contribution < 1.29 is 24.2 Å². The van der Waals surface area contributed by atoms with Crippen molar-refractivity contribution in [1.29, 1.82) is 0 Å². The molecule has 0 radical (unpaired) electrons. The highest BCUT2D eigenvalue weighted by Crippen LogP contribution is 2.69. The van der Waals surface area contributed by atoms with Crippen LogP contribution in [0.1, 0.15) is 39.5 Å². The van der Waals surface area contributed by atoms with Crippen LogP contribution in [0.15, 0.2) is 36.0 Å². The van der Waals surface area contributed by atoms with Gasteiger partial charge < -0.3 is 10.2 Å². The van der Waals surface area contributed by atoms with Crippen molar-refractivity contribution in [3.8, 4) is 0 Å². The number of Topliss-reactive ketones (excluding diaryl/α,β-unsaturated/α-hetero) is 1. The van der Waals surface area contributed by atoms with Crippen LogP contribution in [0, 0.1) is 28.6 Å². The van der Waals surface area contributed by atoms with Gasteiger partial charge >= 0.3 is 0 Å². The van der Waals surface area contributed by atoms with Crippen LogP contribution in [0.4, 0.5) is 4.39 Å². The van der Waals surface area contributed by atoms with Gasteiger partial charge in [0.05, 0.1) is 6.10 Å². The molecular weight excluding hydrogens is 347 g/mol. The lowest BCUT2D eigenvalue weighted by Crippen LogP contribution is -2.66. The van der Waals surface area contributed by atoms with Gasteiger partial charge in [-0.15, -0.1) is 0 Å². The zero-order valence-corrected chi connectivity index (χ0v) is 15.9. The smallest absolute Gasteiger partial charge is 0.178 e. The van der Waals surface area contributed by atoms with Gasteiger partial charge in [0.2, 0.25) is 0 Å². The van der Waals surface area contributed by atoms with Gasteiger partial charge in [0.15, 0.2) is 17.2 Å². The van der Waals surface area contributed by atoms with E-state index in [1.54, 1.807) is 13.0 Å². The summed E-state index contributed by atoms with van der Waals surface area (Å²) >= 11 is 0. The number of carbonyl (C=O) groups excluding carboxylic acids is 2. The molecule has 4 aliphatic carbocycles. The number of aliphatic hydroxyl groups excluding tert-OH is 2. The predicted octanol–water partition coefficient (Wildman–Crippen LogP) is 2.70. The molecule has 4 rings (SSSR count). The van der Waals surface area contributed by atoms with Crippen molar-refractivity contribution >= 4 is 11.6 Å². The minimum absolute atomic E-state index is 0.122. The van der Waals surface area contributed by atoms with Gasteiger partial charge in [-0.05, 0) is 56.1 Å². The molecule has 0 aromatic carbocycles. The topological polar surface area (TPSA) is 74.6 Å². The summed E-state index contributed by atoms with van der Waals surface area (Å²) in [6.07, 6.45) is 5.11. The molecule has 0 heterocycles. The van der Waals surface area contributed by atoms with E-state index in [2.05, 4.69) is 6.58 Å². The number of carbonyl (C=O) groups is 2. The van der Waals surface area contributed by atoms with E-state index in [1.807, 2.05) is 6.92 Å². The third-order valence-corrected chi connectivity index (χ3v) is 8.10. The van der Waals surface area contributed by atoms with E-state index >= 15 is 4.39 Å². The van der Waals surface area contributed by atoms with Crippen LogP contribution in [0.25, 0.3) is 0 Å². The van der Waals surface area contributed by atoms with E-state index in [-0.39, 0.29) is 23.9 Å². The number of aliphatic hydroxyl groups is 2. The second-order valence-electron chi connectivity index (χ2n) is 9.27. The fourth-order valence-corrected chi connectivity index (χ4v) is 6.86. The zero-order chi connectivity index (χ0) is 19.8. The molecule has 7 atom stereocenters. The number of ketones is 2. The summed E-state index contributed by atoms with van der Waals surface area (Å²) in [5.74, 6) is -1.53. The Morgan fingerprint density at radius 2 is 2.07 bits per heavy atom. The van der Waals surface area contributed by atoms with Gasteiger partial charge in [0.1, 0.15) is 6.61 Å². The van der Waals surface area contributed by atoms with Gasteiger partial charge in [-0.3, -0.25) is 9.59 Å². The van der Waals surface area contributed by atoms with Gasteiger partial charge in [0.25, 0.3) is 0 Å². The first kappa shape index (κ1) is 18.8. The summed E-state index contributed by atoms with van der Waals surface area (Å²) in [4.78, 5) is 24.2. The van der Waals surface area contributed by atoms with Crippen LogP contribution in [-0.4, -0.2) is 40.2 Å². The summed E-state index contributed by atoms with van der Waals surface area (Å²) in [5.41, 5.74) is -2.04. The Morgan fingerprint density at radius 1 is 1.37 bits per heavy atom. The molecule has 0 aliphatic heterocycles. The highest BCUT2D eigenvalue weighted by Gasteiger charge is 2.71. The second kappa shape index (κ2) is 5.71. The Labute approximate surface area is 158 Å². The van der Waals surface area contributed by atoms with Crippen molar-refractivity contribution in [3.05, 3.63) is 36.0 Å². The Hall–Kier alpha value is -1.59. The summed E-state index contributed by atoms with van der Waals surface area (Å²) < 4.78 is 16.8. The lowest BCUT2D eigenvalue weighted by Gasteiger charge is -2.61. The maximum Gasteiger partial charge on any atom is 0.178 e. The Kier molecular flexibility index (Phi) is 3.97. The molecule has 0 aromatic heterocycles. The number of rotatable bonds is 2. The number of allylic oxidation sites excluding steroid dienone is 5. The summed E-state index contributed by atoms with van der Waals surface area (Å²) in [6, 6.07) is 0. The first-order chi connectivity index (χ1) is 12.6. The highest BCUT2D eigenvalue weighted by molar-refractivity contribution is 6.01. The summed E-state index contributed by atoms with van der Waals surface area (Å²) in [7, 11) is 0. The average Bonchev–Trinajstić information content (AvgIpc) is 2.86. The van der Waals surface area contributed by atoms with E-state index in [4.69, 9.17) is 0 Å². The lowest BCUT2D eigenvalue weighted by molar-refractivity contribution is -0.195. The van der Waals surface area contributed by atoms with Gasteiger partial charge in [-0.1, -0.05) is 30.7 Å². The fraction of sp³-hybridized carbons (Fsp3) is 0.636. The molecule has 0 aromatic rings. The maximum atomic E-state index is 16.8. The Bertz CT molecular complexity index is 798. The molecule has 4 aliphatic rings. The number of halogens is 1. The number of alkyl halides is 1. The molecule has 146 valence electrons. The average molecular weight is 374 g/mol. The molecule has 0 saturated heterocycles. The summed E-state index contributed by atoms with van der Waals surface area (Å²) in [5, 5.41) is 20.5. The molecule has 0 bridgehead atoms. The molecular formula is C22H27FO4. The first-order valence-corrected chi connectivity index (χ1v) is 9.72. The van der Waals surface area contributed by atoms with Crippen LogP contribution in [0.2, 0.25) is 0 Å². The Balaban J connectivity index is 1.81. The van der Waals surface area contributed by atoms with Gasteiger partial charge in [0, 0.05) is 17.3 Å². The van der Waals surface area contributed by atoms with E-state index in [0.29, 0.717) is 19.3 Å². The monoisotopic (exact) mass is 374 g/mol. The molecule has 0 amide bonds. The van der Waals surface area contributed by atoms with Crippen molar-refractivity contribution in [2.24, 2.45) is 28.6 Å². The number of hydrogen-bond acceptors (Lipinski definition) is 4. The van der Waals surface area contributed by atoms with Crippen LogP contribution in [-0.2, 0) is 9.59 Å². The quantitative estimate of drug-likeness (QED) is 0.729. The minimum Gasteiger partial charge on any atom is -0.390 e. The molecule has 3 saturated carbocycles. The number of hydrogen-bond donors (Lipinski definition) is 2. The number of fused-ring (bicyclic) bond motifs is 5. The van der Waals surface area contributed by atoms with Gasteiger partial charge in [-0.2, -0.15) is 0 Å². The molecule has 27 heavy (non-hydrogen) atoms. The predicted molar refractivity (Wildman–Crippen MR) is 98.5 cm³/mol. The maximum absolute atomic E-state index is 16.8. The minimum atomic E-state index is -1.89. The van der Waals surface area contributed by atoms with Crippen LogP contribution >= 0.6 is 0 Å². The van der Waals surface area contributed by atoms with Crippen molar-refractivity contribution in [2.45, 2.75) is 51.3 Å².